The van der Waals surface area contributed by atoms with Crippen LogP contribution in [0.1, 0.15) is 48.3 Å². The Bertz CT molecular complexity index is 757. The highest BCUT2D eigenvalue weighted by molar-refractivity contribution is 5.75. The topological polar surface area (TPSA) is 45.5 Å². The number of hydrogen-bond donors (Lipinski definition) is 1. The standard InChI is InChI=1S/C23H30N2O2/c1-17-8-10-22(27-17)15-24-23(26)11-9-18-5-4-12-25(16-18)21-13-19-6-2-3-7-20(19)14-21/h2-3,6-8,10,18,21H,4-5,9,11-16H2,1H3,(H,24,26). The lowest BCUT2D eigenvalue weighted by Crippen LogP contribution is -2.43. The second-order valence-corrected chi connectivity index (χ2v) is 8.16. The molecule has 2 aliphatic rings. The molecule has 0 saturated carbocycles. The molecule has 2 heterocycles. The molecular weight excluding hydrogens is 336 g/mol. The van der Waals surface area contributed by atoms with Crippen molar-refractivity contribution in [2.24, 2.45) is 5.92 Å². The van der Waals surface area contributed by atoms with Gasteiger partial charge in [0.1, 0.15) is 11.5 Å². The number of nitrogens with zero attached hydrogens (tertiary/aromatic N) is 1. The van der Waals surface area contributed by atoms with Gasteiger partial charge in [0.25, 0.3) is 0 Å². The van der Waals surface area contributed by atoms with Gasteiger partial charge in [0.2, 0.25) is 5.91 Å². The molecule has 1 amide bonds. The molecule has 0 radical (unpaired) electrons. The largest absolute Gasteiger partial charge is 0.465 e. The van der Waals surface area contributed by atoms with Gasteiger partial charge in [-0.15, -0.1) is 0 Å². The molecule has 1 aliphatic heterocycles. The number of likely N-dealkylation sites (tertiary alicyclic amines) is 1. The molecule has 0 spiro atoms. The molecule has 1 aliphatic carbocycles. The van der Waals surface area contributed by atoms with Crippen LogP contribution < -0.4 is 5.32 Å². The van der Waals surface area contributed by atoms with E-state index in [0.717, 1.165) is 24.5 Å². The Hall–Kier alpha value is -2.07. The minimum absolute atomic E-state index is 0.134. The van der Waals surface area contributed by atoms with E-state index in [-0.39, 0.29) is 5.91 Å². The summed E-state index contributed by atoms with van der Waals surface area (Å²) < 4.78 is 5.50. The molecule has 4 rings (SSSR count). The van der Waals surface area contributed by atoms with Gasteiger partial charge in [-0.05, 0) is 74.8 Å². The molecule has 1 saturated heterocycles. The molecule has 27 heavy (non-hydrogen) atoms. The van der Waals surface area contributed by atoms with Gasteiger partial charge in [-0.25, -0.2) is 0 Å². The van der Waals surface area contributed by atoms with E-state index >= 15 is 0 Å². The Morgan fingerprint density at radius 2 is 1.96 bits per heavy atom. The smallest absolute Gasteiger partial charge is 0.220 e. The fourth-order valence-corrected chi connectivity index (χ4v) is 4.65. The summed E-state index contributed by atoms with van der Waals surface area (Å²) in [7, 11) is 0. The summed E-state index contributed by atoms with van der Waals surface area (Å²) in [6.45, 7) is 4.76. The first-order valence-electron chi connectivity index (χ1n) is 10.3. The monoisotopic (exact) mass is 366 g/mol. The van der Waals surface area contributed by atoms with E-state index in [1.54, 1.807) is 0 Å². The van der Waals surface area contributed by atoms with Gasteiger partial charge in [-0.3, -0.25) is 9.69 Å². The van der Waals surface area contributed by atoms with Gasteiger partial charge < -0.3 is 9.73 Å². The predicted octanol–water partition coefficient (Wildman–Crippen LogP) is 3.86. The summed E-state index contributed by atoms with van der Waals surface area (Å²) in [4.78, 5) is 14.9. The molecule has 1 N–H and O–H groups in total. The summed E-state index contributed by atoms with van der Waals surface area (Å²) in [5, 5.41) is 2.98. The summed E-state index contributed by atoms with van der Waals surface area (Å²) in [5.74, 6) is 2.48. The summed E-state index contributed by atoms with van der Waals surface area (Å²) >= 11 is 0. The van der Waals surface area contributed by atoms with Crippen LogP contribution >= 0.6 is 0 Å². The van der Waals surface area contributed by atoms with Crippen LogP contribution in [0.15, 0.2) is 40.8 Å². The number of fused-ring (bicyclic) bond motifs is 1. The summed E-state index contributed by atoms with van der Waals surface area (Å²) in [6.07, 6.45) is 6.48. The minimum Gasteiger partial charge on any atom is -0.465 e. The van der Waals surface area contributed by atoms with Crippen LogP contribution in [0.3, 0.4) is 0 Å². The Balaban J connectivity index is 1.21. The van der Waals surface area contributed by atoms with Gasteiger partial charge in [-0.2, -0.15) is 0 Å². The second-order valence-electron chi connectivity index (χ2n) is 8.16. The fraction of sp³-hybridized carbons (Fsp3) is 0.522. The van der Waals surface area contributed by atoms with E-state index in [2.05, 4.69) is 34.5 Å². The number of hydrogen-bond acceptors (Lipinski definition) is 3. The lowest BCUT2D eigenvalue weighted by atomic mass is 9.92. The van der Waals surface area contributed by atoms with E-state index in [1.165, 1.54) is 43.4 Å². The van der Waals surface area contributed by atoms with Crippen molar-refractivity contribution >= 4 is 5.91 Å². The third-order valence-electron chi connectivity index (χ3n) is 6.13. The van der Waals surface area contributed by atoms with Crippen molar-refractivity contribution < 1.29 is 9.21 Å². The molecular formula is C23H30N2O2. The molecule has 2 aromatic rings. The number of piperidine rings is 1. The predicted molar refractivity (Wildman–Crippen MR) is 106 cm³/mol. The van der Waals surface area contributed by atoms with Crippen molar-refractivity contribution in [1.29, 1.82) is 0 Å². The van der Waals surface area contributed by atoms with Gasteiger partial charge in [-0.1, -0.05) is 24.3 Å². The number of nitrogens with one attached hydrogen (secondary N) is 1. The third kappa shape index (κ3) is 4.62. The number of carbonyl (C=O) groups is 1. The van der Waals surface area contributed by atoms with Gasteiger partial charge in [0.05, 0.1) is 6.54 Å². The average Bonchev–Trinajstić information content (AvgIpc) is 3.31. The van der Waals surface area contributed by atoms with E-state index in [0.29, 0.717) is 24.9 Å². The zero-order valence-corrected chi connectivity index (χ0v) is 16.2. The van der Waals surface area contributed by atoms with Crippen molar-refractivity contribution in [3.05, 3.63) is 59.0 Å². The molecule has 0 bridgehead atoms. The molecule has 144 valence electrons. The minimum atomic E-state index is 0.134. The Labute approximate surface area is 161 Å². The second kappa shape index (κ2) is 8.30. The summed E-state index contributed by atoms with van der Waals surface area (Å²) in [6, 6.07) is 13.4. The number of carbonyl (C=O) groups excluding carboxylic acids is 1. The van der Waals surface area contributed by atoms with Crippen LogP contribution in [0.25, 0.3) is 0 Å². The summed E-state index contributed by atoms with van der Waals surface area (Å²) in [5.41, 5.74) is 3.05. The molecule has 1 unspecified atom stereocenters. The van der Waals surface area contributed by atoms with Crippen molar-refractivity contribution in [2.45, 2.75) is 58.0 Å². The van der Waals surface area contributed by atoms with E-state index < -0.39 is 0 Å². The molecule has 4 heteroatoms. The third-order valence-corrected chi connectivity index (χ3v) is 6.13. The van der Waals surface area contributed by atoms with Crippen LogP contribution in [0.5, 0.6) is 0 Å². The van der Waals surface area contributed by atoms with Crippen LogP contribution in [0, 0.1) is 12.8 Å². The van der Waals surface area contributed by atoms with Crippen molar-refractivity contribution in [3.63, 3.8) is 0 Å². The lowest BCUT2D eigenvalue weighted by molar-refractivity contribution is -0.121. The maximum absolute atomic E-state index is 12.2. The first-order chi connectivity index (χ1) is 13.2. The highest BCUT2D eigenvalue weighted by atomic mass is 16.3. The Kier molecular flexibility index (Phi) is 5.63. The Morgan fingerprint density at radius 1 is 1.19 bits per heavy atom. The molecule has 1 aromatic heterocycles. The van der Waals surface area contributed by atoms with Crippen molar-refractivity contribution in [1.82, 2.24) is 10.2 Å². The Morgan fingerprint density at radius 3 is 2.67 bits per heavy atom. The van der Waals surface area contributed by atoms with E-state index in [4.69, 9.17) is 4.42 Å². The molecule has 4 nitrogen and oxygen atoms in total. The number of aryl methyl sites for hydroxylation is 1. The van der Waals surface area contributed by atoms with Gasteiger partial charge in [0, 0.05) is 19.0 Å². The normalized spacial score (nSPS) is 20.6. The van der Waals surface area contributed by atoms with Crippen molar-refractivity contribution in [2.75, 3.05) is 13.1 Å². The molecule has 1 aromatic carbocycles. The highest BCUT2D eigenvalue weighted by Gasteiger charge is 2.30. The quantitative estimate of drug-likeness (QED) is 0.844. The number of rotatable bonds is 6. The highest BCUT2D eigenvalue weighted by Crippen LogP contribution is 2.29. The zero-order chi connectivity index (χ0) is 18.6. The maximum atomic E-state index is 12.2. The van der Waals surface area contributed by atoms with Crippen LogP contribution in [-0.2, 0) is 24.2 Å². The number of amides is 1. The van der Waals surface area contributed by atoms with Crippen LogP contribution in [-0.4, -0.2) is 29.9 Å². The lowest BCUT2D eigenvalue weighted by Gasteiger charge is -2.36. The zero-order valence-electron chi connectivity index (χ0n) is 16.2. The molecule has 1 fully saturated rings. The average molecular weight is 367 g/mol. The maximum Gasteiger partial charge on any atom is 0.220 e. The number of benzene rings is 1. The molecule has 1 atom stereocenters. The fourth-order valence-electron chi connectivity index (χ4n) is 4.65. The van der Waals surface area contributed by atoms with Crippen LogP contribution in [0.2, 0.25) is 0 Å². The van der Waals surface area contributed by atoms with Crippen molar-refractivity contribution in [3.8, 4) is 0 Å². The first kappa shape index (κ1) is 18.3. The SMILES string of the molecule is Cc1ccc(CNC(=O)CCC2CCCN(C3Cc4ccccc4C3)C2)o1. The van der Waals surface area contributed by atoms with E-state index in [1.807, 2.05) is 19.1 Å². The van der Waals surface area contributed by atoms with Gasteiger partial charge >= 0.3 is 0 Å². The number of furan rings is 1. The van der Waals surface area contributed by atoms with Crippen LogP contribution in [0.4, 0.5) is 0 Å². The first-order valence-corrected chi connectivity index (χ1v) is 10.3. The van der Waals surface area contributed by atoms with Gasteiger partial charge in [0.15, 0.2) is 0 Å². The van der Waals surface area contributed by atoms with E-state index in [9.17, 15) is 4.79 Å².